The molecule has 766 valence electrons. The molecular weight excluding hydrogens is 2110 g/mol. The molecule has 0 aromatic carbocycles. The van der Waals surface area contributed by atoms with Crippen molar-refractivity contribution in [1.82, 2.24) is 19.6 Å². The summed E-state index contributed by atoms with van der Waals surface area (Å²) in [6.07, 6.45) is 79.8. The summed E-state index contributed by atoms with van der Waals surface area (Å²) in [5, 5.41) is 0. The number of nitrogens with zero attached hydrogens (tertiary/aromatic N) is 4. The van der Waals surface area contributed by atoms with E-state index in [1.807, 2.05) is 0 Å². The van der Waals surface area contributed by atoms with Crippen LogP contribution in [0.1, 0.15) is 389 Å². The molecule has 35 unspecified atom stereocenters. The molecule has 4 aliphatic heterocycles. The van der Waals surface area contributed by atoms with Gasteiger partial charge in [-0.3, -0.25) is 19.6 Å². The summed E-state index contributed by atoms with van der Waals surface area (Å²) in [6.45, 7) is 26.7. The van der Waals surface area contributed by atoms with E-state index < -0.39 is 91.5 Å². The molecule has 18 aliphatic carbocycles. The fourth-order valence-electron chi connectivity index (χ4n) is 39.7. The Labute approximate surface area is 900 Å². The van der Waals surface area contributed by atoms with Gasteiger partial charge in [-0.2, -0.15) is 0 Å². The molecule has 0 N–H and O–H groups in total. The number of hydrogen-bond acceptors (Lipinski definition) is 4. The Bertz CT molecular complexity index is 3020. The van der Waals surface area contributed by atoms with Gasteiger partial charge in [-0.25, -0.2) is 0 Å². The fourth-order valence-corrected chi connectivity index (χ4v) is 43.8. The summed E-state index contributed by atoms with van der Waals surface area (Å²) < 4.78 is 0. The van der Waals surface area contributed by atoms with Gasteiger partial charge in [0.2, 0.25) is 0 Å². The molecule has 0 spiro atoms. The van der Waals surface area contributed by atoms with Crippen molar-refractivity contribution in [3.63, 3.8) is 0 Å². The molecule has 0 bridgehead atoms. The molecule has 18 saturated carbocycles. The van der Waals surface area contributed by atoms with Crippen LogP contribution in [0.25, 0.3) is 0 Å². The van der Waals surface area contributed by atoms with Gasteiger partial charge in [-0.15, -0.1) is 0 Å². The number of rotatable bonds is 9. The molecular formula is C115H210Cl8N4SiZr4. The molecule has 22 fully saturated rings. The Morgan fingerprint density at radius 2 is 0.523 bits per heavy atom. The van der Waals surface area contributed by atoms with E-state index in [4.69, 9.17) is 68.1 Å². The number of fused-ring (bicyclic) bond motifs is 23. The van der Waals surface area contributed by atoms with Crippen molar-refractivity contribution in [2.75, 3.05) is 28.2 Å². The summed E-state index contributed by atoms with van der Waals surface area (Å²) >= 11 is -3.30. The molecule has 17 heteroatoms. The Hall–Kier alpha value is 5.91. The summed E-state index contributed by atoms with van der Waals surface area (Å²) in [7, 11) is 48.5. The number of hydrogen-bond donors (Lipinski definition) is 0. The standard InChI is InChI=1S/C34H57N.C26H45N.C25H45NSi.C17H29N.C5H10.8CH3.8ClH.4Zr/c1-21-17-18-30-28(19-21)31-29(24-13-7-10-16-27(24)33(31)35(30)4)20-34(2,3)32-25-14-8-5-11-22(25)23-12-6-9-15-26(23)32;1-17-13-14-23-21(15-17)24-22(16-26(2,3)18-9-5-6-10-18)19-11-7-8-12-20(19)25(24)27(23)4;1-17-13-14-23-21(15-17)24-22(16-27(3,4)18-9-5-6-10-18)19-11-7-8-12-20(19)25(24)26(23)2;1-11-7-8-16-14(9-11)15-10-12-5-3-4-6-13(12)17(15)18(16)2;1-2-4-5-3-1;;;;;;;;;;;;;;;;;;;;/h21-33H,5-20H2,1-4H3;2*17-25H,5-16H2,1-4H3;11-17H,3-10H2,1-2H3;1-5H2;8*1H3;8*1H;;;;/q;;;;;8*-1;;;;;;;;;4*+4/p-8. The van der Waals surface area contributed by atoms with Crippen molar-refractivity contribution in [3.8, 4) is 0 Å². The van der Waals surface area contributed by atoms with Gasteiger partial charge in [0.05, 0.1) is 8.07 Å². The summed E-state index contributed by atoms with van der Waals surface area (Å²) in [4.78, 5) is 11.8. The van der Waals surface area contributed by atoms with Crippen LogP contribution in [0.4, 0.5) is 0 Å². The van der Waals surface area contributed by atoms with E-state index in [2.05, 4.69) is 116 Å². The average Bonchev–Trinajstić information content (AvgIpc) is 1.56. The van der Waals surface area contributed by atoms with Gasteiger partial charge in [0.15, 0.2) is 0 Å². The molecule has 4 nitrogen and oxygen atoms in total. The van der Waals surface area contributed by atoms with E-state index in [0.717, 1.165) is 225 Å². The molecule has 132 heavy (non-hydrogen) atoms. The molecule has 0 aromatic rings. The van der Waals surface area contributed by atoms with Crippen molar-refractivity contribution in [3.05, 3.63) is 59.4 Å². The molecule has 22 aliphatic rings. The third kappa shape index (κ3) is 28.2. The molecule has 0 aromatic heterocycles. The van der Waals surface area contributed by atoms with Crippen LogP contribution in [-0.2, 0) is 83.4 Å². The second-order valence-corrected chi connectivity index (χ2v) is 70.9. The summed E-state index contributed by atoms with van der Waals surface area (Å²) in [5.74, 6) is 30.5. The molecule has 22 rings (SSSR count). The van der Waals surface area contributed by atoms with Crippen molar-refractivity contribution in [1.29, 1.82) is 0 Å². The number of likely N-dealkylation sites (tertiary alicyclic amines) is 4. The van der Waals surface area contributed by atoms with Crippen molar-refractivity contribution >= 4 is 76.2 Å². The third-order valence-corrected chi connectivity index (χ3v) is 48.1. The van der Waals surface area contributed by atoms with E-state index in [1.54, 1.807) is 154 Å². The third-order valence-electron chi connectivity index (χ3n) is 43.8. The zero-order valence-electron chi connectivity index (χ0n) is 89.7. The first-order valence-electron chi connectivity index (χ1n) is 54.5. The van der Waals surface area contributed by atoms with Crippen molar-refractivity contribution in [2.45, 2.75) is 462 Å². The summed E-state index contributed by atoms with van der Waals surface area (Å²) in [6, 6.07) is 9.27. The van der Waals surface area contributed by atoms with Gasteiger partial charge >= 0.3 is 151 Å². The van der Waals surface area contributed by atoms with Crippen LogP contribution in [0, 0.1) is 242 Å². The minimum absolute atomic E-state index is 0. The molecule has 0 amide bonds. The van der Waals surface area contributed by atoms with Crippen LogP contribution < -0.4 is 0 Å². The van der Waals surface area contributed by atoms with Crippen LogP contribution >= 0.6 is 68.1 Å². The topological polar surface area (TPSA) is 13.0 Å². The van der Waals surface area contributed by atoms with Gasteiger partial charge in [0.25, 0.3) is 0 Å². The van der Waals surface area contributed by atoms with E-state index in [1.165, 1.54) is 186 Å². The Morgan fingerprint density at radius 3 is 0.886 bits per heavy atom. The van der Waals surface area contributed by atoms with E-state index in [9.17, 15) is 0 Å². The van der Waals surface area contributed by atoms with Crippen molar-refractivity contribution in [2.24, 2.45) is 182 Å². The van der Waals surface area contributed by atoms with E-state index in [0.29, 0.717) is 10.8 Å². The Kier molecular flexibility index (Phi) is 56.6. The normalized spacial score (nSPS) is 43.0. The van der Waals surface area contributed by atoms with Crippen LogP contribution in [0.3, 0.4) is 0 Å². The minimum atomic E-state index is -1.09. The van der Waals surface area contributed by atoms with Gasteiger partial charge in [-0.1, -0.05) is 229 Å². The van der Waals surface area contributed by atoms with Crippen LogP contribution in [-0.4, -0.2) is 104 Å². The molecule has 4 heterocycles. The fraction of sp³-hybridized carbons (Fsp3) is 0.930. The van der Waals surface area contributed by atoms with Gasteiger partial charge < -0.3 is 59.4 Å². The quantitative estimate of drug-likeness (QED) is 0.168. The maximum absolute atomic E-state index is 4.93. The first-order valence-corrected chi connectivity index (χ1v) is 83.1. The number of halogens is 8. The zero-order chi connectivity index (χ0) is 88.1. The second kappa shape index (κ2) is 59.1. The van der Waals surface area contributed by atoms with Gasteiger partial charge in [0.1, 0.15) is 0 Å². The molecule has 4 saturated heterocycles. The van der Waals surface area contributed by atoms with Crippen molar-refractivity contribution < 1.29 is 83.4 Å². The monoisotopic (exact) mass is 2320 g/mol. The van der Waals surface area contributed by atoms with Crippen LogP contribution in [0.5, 0.6) is 0 Å². The summed E-state index contributed by atoms with van der Waals surface area (Å²) in [5.41, 5.74) is 2.28. The predicted molar refractivity (Wildman–Crippen MR) is 577 cm³/mol. The van der Waals surface area contributed by atoms with Gasteiger partial charge in [0, 0.05) is 48.3 Å². The second-order valence-electron chi connectivity index (χ2n) is 50.7. The van der Waals surface area contributed by atoms with E-state index >= 15 is 0 Å². The molecule has 0 radical (unpaired) electrons. The van der Waals surface area contributed by atoms with Crippen LogP contribution in [0.15, 0.2) is 0 Å². The Morgan fingerprint density at radius 1 is 0.258 bits per heavy atom. The van der Waals surface area contributed by atoms with Crippen LogP contribution in [0.2, 0.25) is 24.7 Å². The molecule has 35 atom stereocenters. The Balaban J connectivity index is 0.000000254. The van der Waals surface area contributed by atoms with Gasteiger partial charge in [-0.05, 0) is 396 Å². The average molecular weight is 2330 g/mol. The first kappa shape index (κ1) is 127. The first-order chi connectivity index (χ1) is 59.8. The predicted octanol–water partition coefficient (Wildman–Crippen LogP) is 37.4. The maximum atomic E-state index is 4.93. The SMILES string of the molecule is C1CCCC1.CC1CCC2C(C1)C1C(CC(C)(C)C3C4CCCCC4C4CCCCC43)C3CCCCC3C1N2C.CC1CCC2C(C1)C1C(CC(C)(C)C3CCCC3)C3CCCCC3C1N2C.CC1CCC2C(C1)C1C(C[Si](C)(C)C3CCCC3)C3CCCCC3C1N2C.CC1CCC2C(C1)C1CC3CCCCC3C1N2C.[CH3-].[CH3-].[CH3-].[CH3-].[CH3-].[CH3-].[CH3-].[CH3-].[Cl][Zr+2][Cl].[Cl][Zr+2][Cl].[Cl][Zr+2][Cl].[Cl][Zr+2][Cl]. The zero-order valence-corrected chi connectivity index (χ0v) is 107. The van der Waals surface area contributed by atoms with E-state index in [-0.39, 0.29) is 59.4 Å².